The molecule has 3 aromatic rings. The number of hydrogen-bond acceptors (Lipinski definition) is 7. The molecule has 0 saturated carbocycles. The van der Waals surface area contributed by atoms with Gasteiger partial charge >= 0.3 is 0 Å². The molecule has 2 aliphatic heterocycles. The Kier molecular flexibility index (Phi) is 3.86. The normalized spacial score (nSPS) is 16.2. The summed E-state index contributed by atoms with van der Waals surface area (Å²) in [5, 5.41) is 1.09. The van der Waals surface area contributed by atoms with Crippen molar-refractivity contribution >= 4 is 33.3 Å². The SMILES string of the molecule is Cc1cc2c(N3CCN(C(=O)c4ccc5c(c4)OCO5)CC3)ncnc2s1. The lowest BCUT2D eigenvalue weighted by Gasteiger charge is -2.35. The fourth-order valence-electron chi connectivity index (χ4n) is 3.55. The average Bonchev–Trinajstić information content (AvgIpc) is 3.31. The van der Waals surface area contributed by atoms with Crippen LogP contribution in [0.25, 0.3) is 10.2 Å². The van der Waals surface area contributed by atoms with Crippen LogP contribution in [0.5, 0.6) is 11.5 Å². The molecule has 1 saturated heterocycles. The lowest BCUT2D eigenvalue weighted by molar-refractivity contribution is 0.0746. The maximum absolute atomic E-state index is 12.8. The van der Waals surface area contributed by atoms with Crippen molar-refractivity contribution in [3.8, 4) is 11.5 Å². The summed E-state index contributed by atoms with van der Waals surface area (Å²) in [6, 6.07) is 7.49. The van der Waals surface area contributed by atoms with Crippen LogP contribution in [-0.2, 0) is 0 Å². The van der Waals surface area contributed by atoms with Crippen molar-refractivity contribution in [2.45, 2.75) is 6.92 Å². The molecule has 27 heavy (non-hydrogen) atoms. The number of ether oxygens (including phenoxy) is 2. The smallest absolute Gasteiger partial charge is 0.254 e. The van der Waals surface area contributed by atoms with Gasteiger partial charge in [0.25, 0.3) is 5.91 Å². The quantitative estimate of drug-likeness (QED) is 0.679. The number of thiophene rings is 1. The first-order chi connectivity index (χ1) is 13.2. The summed E-state index contributed by atoms with van der Waals surface area (Å²) >= 11 is 1.68. The van der Waals surface area contributed by atoms with Gasteiger partial charge in [-0.05, 0) is 31.2 Å². The molecule has 1 amide bonds. The van der Waals surface area contributed by atoms with Gasteiger partial charge in [-0.15, -0.1) is 11.3 Å². The van der Waals surface area contributed by atoms with Crippen molar-refractivity contribution in [3.63, 3.8) is 0 Å². The zero-order valence-corrected chi connectivity index (χ0v) is 15.7. The minimum atomic E-state index is 0.0205. The van der Waals surface area contributed by atoms with E-state index in [0.717, 1.165) is 29.1 Å². The maximum Gasteiger partial charge on any atom is 0.254 e. The number of hydrogen-bond donors (Lipinski definition) is 0. The molecule has 0 atom stereocenters. The van der Waals surface area contributed by atoms with Crippen molar-refractivity contribution in [1.82, 2.24) is 14.9 Å². The van der Waals surface area contributed by atoms with E-state index in [-0.39, 0.29) is 12.7 Å². The molecule has 138 valence electrons. The Morgan fingerprint density at radius 2 is 1.89 bits per heavy atom. The van der Waals surface area contributed by atoms with Crippen molar-refractivity contribution < 1.29 is 14.3 Å². The number of anilines is 1. The predicted molar refractivity (Wildman–Crippen MR) is 103 cm³/mol. The van der Waals surface area contributed by atoms with E-state index in [1.807, 2.05) is 4.90 Å². The van der Waals surface area contributed by atoms with Gasteiger partial charge in [-0.1, -0.05) is 0 Å². The van der Waals surface area contributed by atoms with Crippen LogP contribution in [0.1, 0.15) is 15.2 Å². The summed E-state index contributed by atoms with van der Waals surface area (Å²) in [7, 11) is 0. The molecule has 0 aliphatic carbocycles. The zero-order chi connectivity index (χ0) is 18.4. The molecule has 0 spiro atoms. The first-order valence-corrected chi connectivity index (χ1v) is 9.66. The van der Waals surface area contributed by atoms with Gasteiger partial charge in [0.05, 0.1) is 5.39 Å². The Morgan fingerprint density at radius 3 is 2.74 bits per heavy atom. The fourth-order valence-corrected chi connectivity index (χ4v) is 4.39. The van der Waals surface area contributed by atoms with E-state index >= 15 is 0 Å². The molecule has 7 nitrogen and oxygen atoms in total. The van der Waals surface area contributed by atoms with E-state index in [0.29, 0.717) is 30.2 Å². The molecule has 8 heteroatoms. The highest BCUT2D eigenvalue weighted by molar-refractivity contribution is 7.18. The molecule has 0 unspecified atom stereocenters. The van der Waals surface area contributed by atoms with Crippen LogP contribution in [0, 0.1) is 6.92 Å². The Morgan fingerprint density at radius 1 is 1.07 bits per heavy atom. The summed E-state index contributed by atoms with van der Waals surface area (Å²) in [5.74, 6) is 2.30. The average molecular weight is 382 g/mol. The molecule has 4 heterocycles. The van der Waals surface area contributed by atoms with Gasteiger partial charge in [0.2, 0.25) is 6.79 Å². The van der Waals surface area contributed by atoms with Crippen molar-refractivity contribution in [3.05, 3.63) is 41.0 Å². The predicted octanol–water partition coefficient (Wildman–Crippen LogP) is 2.69. The number of piperazine rings is 1. The van der Waals surface area contributed by atoms with Crippen LogP contribution < -0.4 is 14.4 Å². The molecule has 0 N–H and O–H groups in total. The molecule has 5 rings (SSSR count). The molecule has 1 aromatic carbocycles. The second-order valence-electron chi connectivity index (χ2n) is 6.62. The Labute approximate surface area is 160 Å². The fraction of sp³-hybridized carbons (Fsp3) is 0.316. The number of nitrogens with zero attached hydrogens (tertiary/aromatic N) is 4. The van der Waals surface area contributed by atoms with E-state index in [9.17, 15) is 4.79 Å². The first kappa shape index (κ1) is 16.3. The second-order valence-corrected chi connectivity index (χ2v) is 7.86. The summed E-state index contributed by atoms with van der Waals surface area (Å²) in [4.78, 5) is 28.1. The lowest BCUT2D eigenvalue weighted by atomic mass is 10.1. The largest absolute Gasteiger partial charge is 0.454 e. The zero-order valence-electron chi connectivity index (χ0n) is 14.8. The topological polar surface area (TPSA) is 67.8 Å². The number of carbonyl (C=O) groups is 1. The van der Waals surface area contributed by atoms with Crippen LogP contribution in [0.15, 0.2) is 30.6 Å². The Hall–Kier alpha value is -2.87. The van der Waals surface area contributed by atoms with Crippen LogP contribution in [0.2, 0.25) is 0 Å². The van der Waals surface area contributed by atoms with E-state index in [1.165, 1.54) is 4.88 Å². The summed E-state index contributed by atoms with van der Waals surface area (Å²) < 4.78 is 10.7. The molecule has 0 bridgehead atoms. The van der Waals surface area contributed by atoms with Crippen molar-refractivity contribution in [1.29, 1.82) is 0 Å². The number of carbonyl (C=O) groups excluding carboxylic acids is 1. The standard InChI is InChI=1S/C19H18N4O3S/c1-12-8-14-17(20-10-21-18(14)27-12)22-4-6-23(7-5-22)19(24)13-2-3-15-16(9-13)26-11-25-15/h2-3,8-10H,4-7,11H2,1H3. The molecule has 2 aliphatic rings. The van der Waals surface area contributed by atoms with Crippen molar-refractivity contribution in [2.24, 2.45) is 0 Å². The summed E-state index contributed by atoms with van der Waals surface area (Å²) in [6.07, 6.45) is 1.62. The van der Waals surface area contributed by atoms with Crippen LogP contribution in [-0.4, -0.2) is 53.7 Å². The lowest BCUT2D eigenvalue weighted by Crippen LogP contribution is -2.49. The number of aryl methyl sites for hydroxylation is 1. The summed E-state index contributed by atoms with van der Waals surface area (Å²) in [5.41, 5.74) is 0.630. The monoisotopic (exact) mass is 382 g/mol. The third-order valence-electron chi connectivity index (χ3n) is 4.92. The van der Waals surface area contributed by atoms with Crippen LogP contribution >= 0.6 is 11.3 Å². The van der Waals surface area contributed by atoms with Crippen LogP contribution in [0.3, 0.4) is 0 Å². The Bertz CT molecular complexity index is 1030. The summed E-state index contributed by atoms with van der Waals surface area (Å²) in [6.45, 7) is 5.09. The first-order valence-electron chi connectivity index (χ1n) is 8.84. The van der Waals surface area contributed by atoms with Crippen LogP contribution in [0.4, 0.5) is 5.82 Å². The second kappa shape index (κ2) is 6.38. The number of rotatable bonds is 2. The van der Waals surface area contributed by atoms with Gasteiger partial charge in [0.15, 0.2) is 11.5 Å². The van der Waals surface area contributed by atoms with Gasteiger partial charge < -0.3 is 19.3 Å². The number of aromatic nitrogens is 2. The van der Waals surface area contributed by atoms with Gasteiger partial charge in [-0.2, -0.15) is 0 Å². The minimum absolute atomic E-state index is 0.0205. The molecular weight excluding hydrogens is 364 g/mol. The number of benzene rings is 1. The van der Waals surface area contributed by atoms with Gasteiger partial charge in [0.1, 0.15) is 17.0 Å². The highest BCUT2D eigenvalue weighted by Gasteiger charge is 2.25. The molecule has 2 aromatic heterocycles. The van der Waals surface area contributed by atoms with Gasteiger partial charge in [0, 0.05) is 36.6 Å². The third-order valence-corrected chi connectivity index (χ3v) is 5.88. The molecular formula is C19H18N4O3S. The highest BCUT2D eigenvalue weighted by atomic mass is 32.1. The highest BCUT2D eigenvalue weighted by Crippen LogP contribution is 2.33. The third kappa shape index (κ3) is 2.86. The van der Waals surface area contributed by atoms with E-state index in [2.05, 4.69) is 27.9 Å². The van der Waals surface area contributed by atoms with Gasteiger partial charge in [-0.3, -0.25) is 4.79 Å². The number of amides is 1. The minimum Gasteiger partial charge on any atom is -0.454 e. The molecule has 0 radical (unpaired) electrons. The van der Waals surface area contributed by atoms with Gasteiger partial charge in [-0.25, -0.2) is 9.97 Å². The Balaban J connectivity index is 1.32. The maximum atomic E-state index is 12.8. The van der Waals surface area contributed by atoms with Crippen molar-refractivity contribution in [2.75, 3.05) is 37.9 Å². The van der Waals surface area contributed by atoms with E-state index in [1.54, 1.807) is 35.9 Å². The molecule has 1 fully saturated rings. The van der Waals surface area contributed by atoms with E-state index < -0.39 is 0 Å². The number of fused-ring (bicyclic) bond motifs is 2. The van der Waals surface area contributed by atoms with E-state index in [4.69, 9.17) is 9.47 Å².